The van der Waals surface area contributed by atoms with Crippen LogP contribution < -0.4 is 14.5 Å². The Bertz CT molecular complexity index is 1430. The van der Waals surface area contributed by atoms with Gasteiger partial charge in [-0.2, -0.15) is 0 Å². The van der Waals surface area contributed by atoms with Gasteiger partial charge in [-0.25, -0.2) is 9.97 Å². The third kappa shape index (κ3) is 4.48. The molecule has 0 bridgehead atoms. The van der Waals surface area contributed by atoms with Crippen molar-refractivity contribution in [2.45, 2.75) is 32.5 Å². The molecule has 6 rings (SSSR count). The van der Waals surface area contributed by atoms with E-state index in [0.29, 0.717) is 6.54 Å². The van der Waals surface area contributed by atoms with Crippen molar-refractivity contribution in [3.63, 3.8) is 0 Å². The molecule has 0 N–H and O–H groups in total. The molecule has 0 unspecified atom stereocenters. The summed E-state index contributed by atoms with van der Waals surface area (Å²) in [5.74, 6) is 0.988. The number of anilines is 2. The maximum Gasteiger partial charge on any atom is 0.242 e. The summed E-state index contributed by atoms with van der Waals surface area (Å²) in [6, 6.07) is 18.9. The van der Waals surface area contributed by atoms with Crippen LogP contribution >= 0.6 is 0 Å². The van der Waals surface area contributed by atoms with E-state index in [-0.39, 0.29) is 18.5 Å². The summed E-state index contributed by atoms with van der Waals surface area (Å²) < 4.78 is 7.30. The zero-order valence-corrected chi connectivity index (χ0v) is 21.4. The van der Waals surface area contributed by atoms with Crippen LogP contribution in [0.5, 0.6) is 5.75 Å². The Balaban J connectivity index is 1.17. The number of carbonyl (C=O) groups is 1. The van der Waals surface area contributed by atoms with Gasteiger partial charge in [0.25, 0.3) is 0 Å². The number of imidazole rings is 1. The number of ether oxygens (including phenoxy) is 1. The molecule has 8 nitrogen and oxygen atoms in total. The van der Waals surface area contributed by atoms with E-state index in [4.69, 9.17) is 4.74 Å². The molecule has 37 heavy (non-hydrogen) atoms. The number of methoxy groups -OCH3 is 1. The molecular weight excluding hydrogens is 464 g/mol. The molecule has 2 aromatic carbocycles. The van der Waals surface area contributed by atoms with Gasteiger partial charge in [-0.1, -0.05) is 18.2 Å². The first-order chi connectivity index (χ1) is 18.1. The van der Waals surface area contributed by atoms with Crippen LogP contribution in [-0.2, 0) is 24.3 Å². The third-order valence-electron chi connectivity index (χ3n) is 7.64. The highest BCUT2D eigenvalue weighted by molar-refractivity contribution is 5.79. The lowest BCUT2D eigenvalue weighted by molar-refractivity contribution is -0.134. The fraction of sp³-hybridized carbons (Fsp3) is 0.345. The lowest BCUT2D eigenvalue weighted by Crippen LogP contribution is -2.55. The Morgan fingerprint density at radius 1 is 1.03 bits per heavy atom. The van der Waals surface area contributed by atoms with Gasteiger partial charge >= 0.3 is 0 Å². The molecule has 1 fully saturated rings. The SMILES string of the molecule is COc1cccc(N2CCc3cccc(N4CCN(C(=O)Cn5cnc6cccnc65)[C@H](C)C4)c3C2)c1. The van der Waals surface area contributed by atoms with Gasteiger partial charge < -0.3 is 24.0 Å². The predicted octanol–water partition coefficient (Wildman–Crippen LogP) is 3.74. The van der Waals surface area contributed by atoms with E-state index in [1.54, 1.807) is 19.6 Å². The average Bonchev–Trinajstić information content (AvgIpc) is 3.35. The van der Waals surface area contributed by atoms with Crippen LogP contribution in [0.25, 0.3) is 11.2 Å². The summed E-state index contributed by atoms with van der Waals surface area (Å²) in [5.41, 5.74) is 6.84. The number of hydrogen-bond acceptors (Lipinski definition) is 6. The number of rotatable bonds is 5. The summed E-state index contributed by atoms with van der Waals surface area (Å²) in [6.45, 7) is 6.58. The quantitative estimate of drug-likeness (QED) is 0.419. The maximum atomic E-state index is 13.3. The largest absolute Gasteiger partial charge is 0.497 e. The average molecular weight is 497 g/mol. The molecular formula is C29H32N6O2. The highest BCUT2D eigenvalue weighted by Gasteiger charge is 2.30. The van der Waals surface area contributed by atoms with Gasteiger partial charge in [-0.3, -0.25) is 4.79 Å². The number of benzene rings is 2. The van der Waals surface area contributed by atoms with Gasteiger partial charge in [-0.05, 0) is 54.8 Å². The molecule has 1 amide bonds. The minimum absolute atomic E-state index is 0.108. The van der Waals surface area contributed by atoms with Gasteiger partial charge in [0, 0.05) is 62.4 Å². The predicted molar refractivity (Wildman–Crippen MR) is 145 cm³/mol. The Labute approximate surface area is 217 Å². The molecule has 2 aromatic heterocycles. The number of hydrogen-bond donors (Lipinski definition) is 0. The normalized spacial score (nSPS) is 17.7. The van der Waals surface area contributed by atoms with Crippen LogP contribution in [0.2, 0.25) is 0 Å². The lowest BCUT2D eigenvalue weighted by atomic mass is 9.96. The summed E-state index contributed by atoms with van der Waals surface area (Å²) in [5, 5.41) is 0. The molecule has 1 saturated heterocycles. The van der Waals surface area contributed by atoms with Crippen LogP contribution in [0.1, 0.15) is 18.1 Å². The third-order valence-corrected chi connectivity index (χ3v) is 7.64. The van der Waals surface area contributed by atoms with E-state index in [1.807, 2.05) is 27.7 Å². The Morgan fingerprint density at radius 2 is 1.92 bits per heavy atom. The molecule has 1 atom stereocenters. The highest BCUT2D eigenvalue weighted by atomic mass is 16.5. The second-order valence-electron chi connectivity index (χ2n) is 9.89. The van der Waals surface area contributed by atoms with Crippen LogP contribution in [0.3, 0.4) is 0 Å². The number of pyridine rings is 1. The molecule has 2 aliphatic heterocycles. The molecule has 4 aromatic rings. The Hall–Kier alpha value is -4.07. The van der Waals surface area contributed by atoms with Crippen molar-refractivity contribution in [2.24, 2.45) is 0 Å². The van der Waals surface area contributed by atoms with E-state index < -0.39 is 0 Å². The Morgan fingerprint density at radius 3 is 2.78 bits per heavy atom. The molecule has 8 heteroatoms. The standard InChI is InChI=1S/C29H32N6O2/c1-21-17-33(14-15-35(21)28(36)19-34-20-31-26-9-5-12-30-29(26)34)27-10-3-6-22-11-13-32(18-25(22)27)23-7-4-8-24(16-23)37-2/h3-10,12,16,20-21H,11,13-15,17-19H2,1-2H3/t21-/m1/s1. The summed E-state index contributed by atoms with van der Waals surface area (Å²) in [7, 11) is 1.71. The zero-order valence-electron chi connectivity index (χ0n) is 21.4. The van der Waals surface area contributed by atoms with E-state index in [1.165, 1.54) is 22.5 Å². The molecule has 190 valence electrons. The second-order valence-corrected chi connectivity index (χ2v) is 9.89. The molecule has 0 saturated carbocycles. The molecule has 0 spiro atoms. The van der Waals surface area contributed by atoms with Crippen molar-refractivity contribution in [1.29, 1.82) is 0 Å². The number of carbonyl (C=O) groups excluding carboxylic acids is 1. The minimum atomic E-state index is 0.108. The van der Waals surface area contributed by atoms with Crippen molar-refractivity contribution in [3.05, 3.63) is 78.2 Å². The number of piperazine rings is 1. The highest BCUT2D eigenvalue weighted by Crippen LogP contribution is 2.33. The van der Waals surface area contributed by atoms with E-state index in [2.05, 4.69) is 63.1 Å². The second kappa shape index (κ2) is 9.76. The van der Waals surface area contributed by atoms with Crippen molar-refractivity contribution < 1.29 is 9.53 Å². The van der Waals surface area contributed by atoms with Crippen LogP contribution in [-0.4, -0.2) is 64.7 Å². The monoisotopic (exact) mass is 496 g/mol. The smallest absolute Gasteiger partial charge is 0.242 e. The number of fused-ring (bicyclic) bond motifs is 2. The van der Waals surface area contributed by atoms with Crippen LogP contribution in [0.15, 0.2) is 67.1 Å². The van der Waals surface area contributed by atoms with E-state index >= 15 is 0 Å². The van der Waals surface area contributed by atoms with Gasteiger partial charge in [0.2, 0.25) is 5.91 Å². The lowest BCUT2D eigenvalue weighted by Gasteiger charge is -2.43. The van der Waals surface area contributed by atoms with Crippen molar-refractivity contribution in [2.75, 3.05) is 43.1 Å². The van der Waals surface area contributed by atoms with Gasteiger partial charge in [0.05, 0.1) is 13.4 Å². The summed E-state index contributed by atoms with van der Waals surface area (Å²) in [6.07, 6.45) is 4.46. The minimum Gasteiger partial charge on any atom is -0.497 e. The van der Waals surface area contributed by atoms with Crippen LogP contribution in [0, 0.1) is 0 Å². The summed E-state index contributed by atoms with van der Waals surface area (Å²) >= 11 is 0. The van der Waals surface area contributed by atoms with Crippen LogP contribution in [0.4, 0.5) is 11.4 Å². The van der Waals surface area contributed by atoms with Crippen molar-refractivity contribution in [3.8, 4) is 5.75 Å². The molecule has 2 aliphatic rings. The van der Waals surface area contributed by atoms with Crippen molar-refractivity contribution >= 4 is 28.4 Å². The first-order valence-corrected chi connectivity index (χ1v) is 12.9. The fourth-order valence-electron chi connectivity index (χ4n) is 5.68. The molecule has 0 radical (unpaired) electrons. The maximum absolute atomic E-state index is 13.3. The molecule has 4 heterocycles. The fourth-order valence-corrected chi connectivity index (χ4v) is 5.68. The topological polar surface area (TPSA) is 66.7 Å². The zero-order chi connectivity index (χ0) is 25.4. The Kier molecular flexibility index (Phi) is 6.16. The number of aromatic nitrogens is 3. The molecule has 0 aliphatic carbocycles. The van der Waals surface area contributed by atoms with Gasteiger partial charge in [-0.15, -0.1) is 0 Å². The van der Waals surface area contributed by atoms with Crippen molar-refractivity contribution in [1.82, 2.24) is 19.4 Å². The first-order valence-electron chi connectivity index (χ1n) is 12.9. The first kappa shape index (κ1) is 23.3. The van der Waals surface area contributed by atoms with Gasteiger partial charge in [0.15, 0.2) is 5.65 Å². The number of amides is 1. The number of nitrogens with zero attached hydrogens (tertiary/aromatic N) is 6. The van der Waals surface area contributed by atoms with Gasteiger partial charge in [0.1, 0.15) is 17.8 Å². The van der Waals surface area contributed by atoms with E-state index in [9.17, 15) is 4.79 Å². The van der Waals surface area contributed by atoms with E-state index in [0.717, 1.165) is 49.5 Å². The summed E-state index contributed by atoms with van der Waals surface area (Å²) in [4.78, 5) is 28.9.